The third kappa shape index (κ3) is 8.09. The van der Waals surface area contributed by atoms with E-state index in [1.54, 1.807) is 12.1 Å². The molecular weight excluding hydrogens is 513 g/mol. The quantitative estimate of drug-likeness (QED) is 0.298. The van der Waals surface area contributed by atoms with Gasteiger partial charge in [0.2, 0.25) is 5.91 Å². The Morgan fingerprint density at radius 1 is 1.08 bits per heavy atom. The van der Waals surface area contributed by atoms with Crippen LogP contribution in [-0.2, 0) is 14.3 Å². The minimum Gasteiger partial charge on any atom is -0.506 e. The summed E-state index contributed by atoms with van der Waals surface area (Å²) in [6.45, 7) is 5.84. The summed E-state index contributed by atoms with van der Waals surface area (Å²) in [6, 6.07) is 7.23. The van der Waals surface area contributed by atoms with E-state index in [-0.39, 0.29) is 22.4 Å². The fourth-order valence-electron chi connectivity index (χ4n) is 3.98. The molecule has 0 aliphatic carbocycles. The minimum absolute atomic E-state index is 0.0246. The third-order valence-electron chi connectivity index (χ3n) is 5.97. The van der Waals surface area contributed by atoms with Crippen molar-refractivity contribution in [2.45, 2.75) is 19.3 Å². The van der Waals surface area contributed by atoms with Gasteiger partial charge in [-0.1, -0.05) is 17.7 Å². The molecule has 11 heteroatoms. The molecule has 1 amide bonds. The number of nitrogens with one attached hydrogen (secondary N) is 2. The van der Waals surface area contributed by atoms with Gasteiger partial charge >= 0.3 is 0 Å². The smallest absolute Gasteiger partial charge is 0.248 e. The van der Waals surface area contributed by atoms with Gasteiger partial charge in [-0.15, -0.1) is 0 Å². The highest BCUT2D eigenvalue weighted by Gasteiger charge is 2.12. The number of hydrogen-bond acceptors (Lipinski definition) is 8. The summed E-state index contributed by atoms with van der Waals surface area (Å²) in [4.78, 5) is 23.0. The van der Waals surface area contributed by atoms with E-state index >= 15 is 0 Å². The van der Waals surface area contributed by atoms with E-state index in [1.165, 1.54) is 49.5 Å². The maximum atomic E-state index is 13.5. The van der Waals surface area contributed by atoms with Gasteiger partial charge in [-0.2, -0.15) is 0 Å². The number of carbonyl (C=O) groups is 1. The van der Waals surface area contributed by atoms with E-state index in [2.05, 4.69) is 25.5 Å². The lowest BCUT2D eigenvalue weighted by Crippen LogP contribution is -2.26. The predicted octanol–water partition coefficient (Wildman–Crippen LogP) is 4.89. The molecular formula is C27H31ClFN5O4. The molecule has 1 aromatic heterocycles. The maximum absolute atomic E-state index is 13.5. The van der Waals surface area contributed by atoms with Crippen molar-refractivity contribution in [3.8, 4) is 5.75 Å². The van der Waals surface area contributed by atoms with E-state index in [1.807, 2.05) is 0 Å². The molecule has 2 fully saturated rings. The zero-order valence-corrected chi connectivity index (χ0v) is 21.7. The number of anilines is 3. The molecule has 2 aliphatic heterocycles. The number of ether oxygens (including phenoxy) is 2. The van der Waals surface area contributed by atoms with Crippen LogP contribution in [0.2, 0.25) is 5.02 Å². The first-order valence-electron chi connectivity index (χ1n) is 12.5. The first-order valence-corrected chi connectivity index (χ1v) is 12.9. The highest BCUT2D eigenvalue weighted by molar-refractivity contribution is 6.31. The Hall–Kier alpha value is -3.31. The van der Waals surface area contributed by atoms with Gasteiger partial charge in [-0.25, -0.2) is 14.4 Å². The van der Waals surface area contributed by atoms with Gasteiger partial charge in [0.25, 0.3) is 0 Å². The zero-order chi connectivity index (χ0) is 26.7. The number of phenols is 1. The second-order valence-electron chi connectivity index (χ2n) is 8.84. The molecule has 9 nitrogen and oxygen atoms in total. The fraction of sp³-hybridized carbons (Fsp3) is 0.370. The molecule has 2 aliphatic rings. The lowest BCUT2D eigenvalue weighted by Gasteiger charge is -2.16. The molecule has 3 heterocycles. The Morgan fingerprint density at radius 3 is 2.63 bits per heavy atom. The average molecular weight is 544 g/mol. The van der Waals surface area contributed by atoms with Gasteiger partial charge in [0.1, 0.15) is 23.7 Å². The van der Waals surface area contributed by atoms with Crippen LogP contribution in [0.15, 0.2) is 48.8 Å². The molecule has 38 heavy (non-hydrogen) atoms. The van der Waals surface area contributed by atoms with Crippen LogP contribution in [-0.4, -0.2) is 71.9 Å². The molecule has 3 aromatic rings. The molecule has 0 saturated carbocycles. The van der Waals surface area contributed by atoms with Gasteiger partial charge in [0.15, 0.2) is 0 Å². The van der Waals surface area contributed by atoms with Crippen LogP contribution in [0.25, 0.3) is 10.9 Å². The molecule has 0 spiro atoms. The van der Waals surface area contributed by atoms with Crippen LogP contribution in [0.3, 0.4) is 0 Å². The van der Waals surface area contributed by atoms with Gasteiger partial charge < -0.3 is 25.2 Å². The first kappa shape index (κ1) is 27.7. The molecule has 202 valence electrons. The highest BCUT2D eigenvalue weighted by atomic mass is 35.5. The Kier molecular flexibility index (Phi) is 10.2. The van der Waals surface area contributed by atoms with Crippen LogP contribution >= 0.6 is 11.6 Å². The Morgan fingerprint density at radius 2 is 1.87 bits per heavy atom. The number of aromatic nitrogens is 2. The second kappa shape index (κ2) is 14.0. The minimum atomic E-state index is -0.526. The number of fused-ring (bicyclic) bond motifs is 1. The topological polar surface area (TPSA) is 109 Å². The summed E-state index contributed by atoms with van der Waals surface area (Å²) in [5.74, 6) is -0.602. The molecule has 0 radical (unpaired) electrons. The van der Waals surface area contributed by atoms with Crippen molar-refractivity contribution in [2.24, 2.45) is 0 Å². The Bertz CT molecular complexity index is 1260. The zero-order valence-electron chi connectivity index (χ0n) is 21.0. The number of phenolic OH excluding ortho intramolecular Hbond substituents is 1. The molecule has 5 rings (SSSR count). The number of rotatable bonds is 6. The Labute approximate surface area is 225 Å². The number of carbonyl (C=O) groups excluding carboxylic acids is 1. The number of hydrogen-bond donors (Lipinski definition) is 3. The summed E-state index contributed by atoms with van der Waals surface area (Å²) in [5, 5.41) is 16.6. The van der Waals surface area contributed by atoms with Crippen molar-refractivity contribution in [2.75, 3.05) is 56.7 Å². The van der Waals surface area contributed by atoms with Gasteiger partial charge in [0.05, 0.1) is 22.8 Å². The van der Waals surface area contributed by atoms with Crippen molar-refractivity contribution < 1.29 is 23.8 Å². The molecule has 2 saturated heterocycles. The van der Waals surface area contributed by atoms with Crippen molar-refractivity contribution in [1.29, 1.82) is 0 Å². The van der Waals surface area contributed by atoms with Crippen LogP contribution in [0.1, 0.15) is 19.3 Å². The number of benzene rings is 2. The van der Waals surface area contributed by atoms with Crippen LogP contribution < -0.4 is 10.6 Å². The number of aromatic hydroxyl groups is 1. The van der Waals surface area contributed by atoms with Gasteiger partial charge in [0, 0.05) is 62.7 Å². The molecule has 0 unspecified atom stereocenters. The van der Waals surface area contributed by atoms with E-state index in [0.29, 0.717) is 35.6 Å². The summed E-state index contributed by atoms with van der Waals surface area (Å²) >= 11 is 5.86. The maximum Gasteiger partial charge on any atom is 0.248 e. The highest BCUT2D eigenvalue weighted by Crippen LogP contribution is 2.33. The summed E-state index contributed by atoms with van der Waals surface area (Å²) < 4.78 is 23.8. The van der Waals surface area contributed by atoms with E-state index in [4.69, 9.17) is 21.1 Å². The Balaban J connectivity index is 0.000000603. The molecule has 0 bridgehead atoms. The van der Waals surface area contributed by atoms with E-state index in [0.717, 1.165) is 39.3 Å². The standard InChI is InChI=1S/C23H23ClFN5O3.C4H8O/c24-17-11-15(4-5-18(17)25)28-23-16-12-20(21(31)13-19(16)26-14-27-23)29-22(32)3-1-6-30-7-2-9-33-10-8-30;1-2-4-5-3-1/h1,3-5,11-14,31H,2,6-10H2,(H,29,32)(H,26,27,28);1-4H2/b3-1+;. The largest absolute Gasteiger partial charge is 0.506 e. The normalized spacial score (nSPS) is 16.2. The monoisotopic (exact) mass is 543 g/mol. The molecule has 0 atom stereocenters. The van der Waals surface area contributed by atoms with Crippen molar-refractivity contribution in [3.63, 3.8) is 0 Å². The molecule has 2 aromatic carbocycles. The lowest BCUT2D eigenvalue weighted by atomic mass is 10.2. The second-order valence-corrected chi connectivity index (χ2v) is 9.25. The van der Waals surface area contributed by atoms with Crippen LogP contribution in [0.4, 0.5) is 21.6 Å². The van der Waals surface area contributed by atoms with E-state index in [9.17, 15) is 14.3 Å². The molecule has 3 N–H and O–H groups in total. The predicted molar refractivity (Wildman–Crippen MR) is 146 cm³/mol. The van der Waals surface area contributed by atoms with Crippen LogP contribution in [0, 0.1) is 5.82 Å². The van der Waals surface area contributed by atoms with E-state index < -0.39 is 5.82 Å². The van der Waals surface area contributed by atoms with Gasteiger partial charge in [-0.05, 0) is 43.5 Å². The number of nitrogens with zero attached hydrogens (tertiary/aromatic N) is 3. The first-order chi connectivity index (χ1) is 18.5. The summed E-state index contributed by atoms with van der Waals surface area (Å²) in [7, 11) is 0. The van der Waals surface area contributed by atoms with Crippen molar-refractivity contribution in [3.05, 3.63) is 59.7 Å². The summed E-state index contributed by atoms with van der Waals surface area (Å²) in [5.41, 5.74) is 1.22. The number of amides is 1. The SMILES string of the molecule is C1CCOC1.O=C(/C=C/CN1CCCOCC1)Nc1cc2c(Nc3ccc(F)c(Cl)c3)ncnc2cc1O. The lowest BCUT2D eigenvalue weighted by molar-refractivity contribution is -0.111. The fourth-order valence-corrected chi connectivity index (χ4v) is 4.16. The van der Waals surface area contributed by atoms with Crippen molar-refractivity contribution >= 4 is 45.6 Å². The van der Waals surface area contributed by atoms with Crippen molar-refractivity contribution in [1.82, 2.24) is 14.9 Å². The number of halogens is 2. The van der Waals surface area contributed by atoms with Crippen LogP contribution in [0.5, 0.6) is 5.75 Å². The summed E-state index contributed by atoms with van der Waals surface area (Å²) in [6.07, 6.45) is 8.08. The average Bonchev–Trinajstić information content (AvgIpc) is 3.39. The third-order valence-corrected chi connectivity index (χ3v) is 6.26. The van der Waals surface area contributed by atoms with Gasteiger partial charge in [-0.3, -0.25) is 9.69 Å².